The molecule has 0 aliphatic carbocycles. The predicted octanol–water partition coefficient (Wildman–Crippen LogP) is 2.48. The van der Waals surface area contributed by atoms with E-state index in [0.29, 0.717) is 27.1 Å². The van der Waals surface area contributed by atoms with Crippen LogP contribution < -0.4 is 10.6 Å². The largest absolute Gasteiger partial charge is 0.505 e. The minimum Gasteiger partial charge on any atom is -0.505 e. The van der Waals surface area contributed by atoms with Gasteiger partial charge in [0, 0.05) is 42.6 Å². The first-order valence-corrected chi connectivity index (χ1v) is 10.5. The number of amides is 2. The molecule has 0 bridgehead atoms. The molecule has 4 rings (SSSR count). The SMILES string of the molecule is O=C(O)N[C@@H]1CN(CC(=O)NC(c2cccnc2)c2cc(Cl)c3cccnc3c2O)C[C@@H]1F. The van der Waals surface area contributed by atoms with Crippen LogP contribution >= 0.6 is 11.6 Å². The average molecular weight is 474 g/mol. The summed E-state index contributed by atoms with van der Waals surface area (Å²) in [6.45, 7) is -0.169. The van der Waals surface area contributed by atoms with E-state index in [-0.39, 0.29) is 25.4 Å². The van der Waals surface area contributed by atoms with Crippen molar-refractivity contribution in [1.82, 2.24) is 25.5 Å². The summed E-state index contributed by atoms with van der Waals surface area (Å²) in [5.74, 6) is -0.566. The Balaban J connectivity index is 1.60. The Morgan fingerprint density at radius 1 is 1.27 bits per heavy atom. The lowest BCUT2D eigenvalue weighted by atomic mass is 9.97. The number of hydrogen-bond donors (Lipinski definition) is 4. The molecule has 3 atom stereocenters. The van der Waals surface area contributed by atoms with Gasteiger partial charge in [-0.05, 0) is 29.8 Å². The highest BCUT2D eigenvalue weighted by atomic mass is 35.5. The molecule has 2 amide bonds. The number of carboxylic acid groups (broad SMARTS) is 1. The van der Waals surface area contributed by atoms with Gasteiger partial charge >= 0.3 is 6.09 Å². The molecular weight excluding hydrogens is 453 g/mol. The molecule has 3 heterocycles. The summed E-state index contributed by atoms with van der Waals surface area (Å²) in [6, 6.07) is 6.74. The van der Waals surface area contributed by atoms with E-state index < -0.39 is 30.3 Å². The molecule has 4 N–H and O–H groups in total. The van der Waals surface area contributed by atoms with Gasteiger partial charge in [0.2, 0.25) is 5.91 Å². The molecule has 0 saturated carbocycles. The lowest BCUT2D eigenvalue weighted by Gasteiger charge is -2.23. The van der Waals surface area contributed by atoms with Crippen molar-refractivity contribution in [3.05, 3.63) is 65.1 Å². The molecule has 1 saturated heterocycles. The summed E-state index contributed by atoms with van der Waals surface area (Å²) >= 11 is 6.43. The number of carbonyl (C=O) groups excluding carboxylic acids is 1. The maximum atomic E-state index is 14.1. The van der Waals surface area contributed by atoms with Crippen molar-refractivity contribution in [3.63, 3.8) is 0 Å². The van der Waals surface area contributed by atoms with Gasteiger partial charge in [-0.3, -0.25) is 19.7 Å². The molecular formula is C22H21ClFN5O4. The number of alkyl halides is 1. The van der Waals surface area contributed by atoms with E-state index in [1.165, 1.54) is 11.1 Å². The lowest BCUT2D eigenvalue weighted by Crippen LogP contribution is -2.42. The van der Waals surface area contributed by atoms with Crippen LogP contribution in [-0.2, 0) is 4.79 Å². The number of benzene rings is 1. The number of fused-ring (bicyclic) bond motifs is 1. The second kappa shape index (κ2) is 9.55. The van der Waals surface area contributed by atoms with Crippen molar-refractivity contribution in [2.24, 2.45) is 0 Å². The number of hydrogen-bond acceptors (Lipinski definition) is 6. The summed E-state index contributed by atoms with van der Waals surface area (Å²) in [7, 11) is 0. The summed E-state index contributed by atoms with van der Waals surface area (Å²) in [6.07, 6.45) is 1.93. The van der Waals surface area contributed by atoms with Crippen LogP contribution in [0.2, 0.25) is 5.02 Å². The number of nitrogens with one attached hydrogen (secondary N) is 2. The molecule has 9 nitrogen and oxygen atoms in total. The second-order valence-electron chi connectivity index (χ2n) is 7.75. The molecule has 1 unspecified atom stereocenters. The van der Waals surface area contributed by atoms with E-state index in [4.69, 9.17) is 16.7 Å². The number of aromatic hydroxyl groups is 1. The Labute approximate surface area is 193 Å². The maximum absolute atomic E-state index is 14.1. The zero-order valence-corrected chi connectivity index (χ0v) is 18.0. The molecule has 11 heteroatoms. The number of likely N-dealkylation sites (tertiary alicyclic amines) is 1. The number of rotatable bonds is 6. The summed E-state index contributed by atoms with van der Waals surface area (Å²) < 4.78 is 14.1. The average Bonchev–Trinajstić information content (AvgIpc) is 3.13. The van der Waals surface area contributed by atoms with Gasteiger partial charge in [0.1, 0.15) is 17.4 Å². The van der Waals surface area contributed by atoms with Gasteiger partial charge in [-0.25, -0.2) is 9.18 Å². The minimum atomic E-state index is -1.42. The third kappa shape index (κ3) is 4.96. The number of nitrogens with zero attached hydrogens (tertiary/aromatic N) is 3. The molecule has 0 spiro atoms. The highest BCUT2D eigenvalue weighted by molar-refractivity contribution is 6.35. The standard InChI is InChI=1S/C22H21ClFN5O4/c23-15-7-14(21(31)20-13(15)4-2-6-26-20)19(12-3-1-5-25-8-12)28-18(30)11-29-9-16(24)17(10-29)27-22(32)33/h1-8,16-17,19,27,31H,9-11H2,(H,28,30)(H,32,33)/t16-,17+,19?/m0/s1. The third-order valence-electron chi connectivity index (χ3n) is 5.48. The van der Waals surface area contributed by atoms with Crippen LogP contribution in [0.15, 0.2) is 48.9 Å². The van der Waals surface area contributed by atoms with Crippen molar-refractivity contribution >= 4 is 34.5 Å². The summed E-state index contributed by atoms with van der Waals surface area (Å²) in [5, 5.41) is 25.7. The van der Waals surface area contributed by atoms with Crippen molar-refractivity contribution in [1.29, 1.82) is 0 Å². The highest BCUT2D eigenvalue weighted by Gasteiger charge is 2.35. The van der Waals surface area contributed by atoms with Crippen LogP contribution in [0.5, 0.6) is 5.75 Å². The third-order valence-corrected chi connectivity index (χ3v) is 5.79. The zero-order chi connectivity index (χ0) is 23.5. The van der Waals surface area contributed by atoms with Gasteiger partial charge < -0.3 is 20.8 Å². The van der Waals surface area contributed by atoms with E-state index >= 15 is 0 Å². The molecule has 1 aliphatic rings. The van der Waals surface area contributed by atoms with Crippen molar-refractivity contribution in [3.8, 4) is 5.75 Å². The molecule has 3 aromatic rings. The number of carbonyl (C=O) groups is 2. The molecule has 0 radical (unpaired) electrons. The number of phenolic OH excluding ortho intramolecular Hbond substituents is 1. The molecule has 1 fully saturated rings. The molecule has 1 aliphatic heterocycles. The lowest BCUT2D eigenvalue weighted by molar-refractivity contribution is -0.122. The normalized spacial score (nSPS) is 19.3. The van der Waals surface area contributed by atoms with Crippen LogP contribution in [0.1, 0.15) is 17.2 Å². The van der Waals surface area contributed by atoms with Crippen LogP contribution in [0, 0.1) is 0 Å². The maximum Gasteiger partial charge on any atom is 0.405 e. The number of phenols is 1. The first-order valence-electron chi connectivity index (χ1n) is 10.1. The Bertz CT molecular complexity index is 1180. The number of aromatic nitrogens is 2. The Hall–Kier alpha value is -3.50. The van der Waals surface area contributed by atoms with Gasteiger partial charge in [0.25, 0.3) is 0 Å². The van der Waals surface area contributed by atoms with Crippen molar-refractivity contribution < 1.29 is 24.2 Å². The van der Waals surface area contributed by atoms with E-state index in [2.05, 4.69) is 20.6 Å². The van der Waals surface area contributed by atoms with Gasteiger partial charge in [0.05, 0.1) is 23.7 Å². The van der Waals surface area contributed by atoms with Crippen LogP contribution in [-0.4, -0.2) is 68.9 Å². The minimum absolute atomic E-state index is 0.0649. The van der Waals surface area contributed by atoms with E-state index in [1.54, 1.807) is 42.7 Å². The smallest absolute Gasteiger partial charge is 0.405 e. The molecule has 172 valence electrons. The van der Waals surface area contributed by atoms with Crippen LogP contribution in [0.25, 0.3) is 10.9 Å². The first kappa shape index (κ1) is 22.7. The van der Waals surface area contributed by atoms with E-state index in [1.807, 2.05) is 0 Å². The molecule has 1 aromatic carbocycles. The predicted molar refractivity (Wildman–Crippen MR) is 119 cm³/mol. The summed E-state index contributed by atoms with van der Waals surface area (Å²) in [5.41, 5.74) is 1.23. The van der Waals surface area contributed by atoms with Crippen LogP contribution in [0.3, 0.4) is 0 Å². The Morgan fingerprint density at radius 2 is 2.06 bits per heavy atom. The van der Waals surface area contributed by atoms with E-state index in [0.717, 1.165) is 0 Å². The van der Waals surface area contributed by atoms with E-state index in [9.17, 15) is 19.1 Å². The molecule has 33 heavy (non-hydrogen) atoms. The number of pyridine rings is 2. The quantitative estimate of drug-likeness (QED) is 0.433. The molecule has 2 aromatic heterocycles. The van der Waals surface area contributed by atoms with Crippen molar-refractivity contribution in [2.75, 3.05) is 19.6 Å². The fourth-order valence-electron chi connectivity index (χ4n) is 3.99. The van der Waals surface area contributed by atoms with Gasteiger partial charge in [-0.15, -0.1) is 0 Å². The fourth-order valence-corrected chi connectivity index (χ4v) is 4.26. The summed E-state index contributed by atoms with van der Waals surface area (Å²) in [4.78, 5) is 33.5. The van der Waals surface area contributed by atoms with Gasteiger partial charge in [0.15, 0.2) is 0 Å². The Morgan fingerprint density at radius 3 is 2.79 bits per heavy atom. The fraction of sp³-hybridized carbons (Fsp3) is 0.273. The first-order chi connectivity index (χ1) is 15.8. The highest BCUT2D eigenvalue weighted by Crippen LogP contribution is 2.38. The van der Waals surface area contributed by atoms with Gasteiger partial charge in [-0.2, -0.15) is 0 Å². The van der Waals surface area contributed by atoms with Crippen LogP contribution in [0.4, 0.5) is 9.18 Å². The number of halogens is 2. The zero-order valence-electron chi connectivity index (χ0n) is 17.3. The monoisotopic (exact) mass is 473 g/mol. The second-order valence-corrected chi connectivity index (χ2v) is 8.16. The van der Waals surface area contributed by atoms with Crippen molar-refractivity contribution in [2.45, 2.75) is 18.3 Å². The Kier molecular flexibility index (Phi) is 6.57. The van der Waals surface area contributed by atoms with Gasteiger partial charge in [-0.1, -0.05) is 17.7 Å². The topological polar surface area (TPSA) is 128 Å².